The average molecular weight is 380 g/mol. The number of hydrogen-bond donors (Lipinski definition) is 2. The summed E-state index contributed by atoms with van der Waals surface area (Å²) in [5.74, 6) is 0.0558. The molecular formula is C17H21N3O3S2. The van der Waals surface area contributed by atoms with Crippen LogP contribution in [0.5, 0.6) is 0 Å². The van der Waals surface area contributed by atoms with Crippen LogP contribution in [0, 0.1) is 19.8 Å². The minimum absolute atomic E-state index is 0.140. The number of carbonyl (C=O) groups excluding carboxylic acids is 1. The van der Waals surface area contributed by atoms with Gasteiger partial charge in [-0.3, -0.25) is 4.79 Å². The molecule has 134 valence electrons. The number of aromatic nitrogens is 1. The van der Waals surface area contributed by atoms with Crippen LogP contribution in [0.25, 0.3) is 0 Å². The van der Waals surface area contributed by atoms with E-state index in [1.54, 1.807) is 18.3 Å². The van der Waals surface area contributed by atoms with Gasteiger partial charge in [0.15, 0.2) is 0 Å². The molecule has 1 fully saturated rings. The van der Waals surface area contributed by atoms with Crippen LogP contribution in [0.15, 0.2) is 29.3 Å². The fraction of sp³-hybridized carbons (Fsp3) is 0.412. The van der Waals surface area contributed by atoms with Gasteiger partial charge in [0.1, 0.15) is 5.01 Å². The molecule has 2 aromatic rings. The van der Waals surface area contributed by atoms with Crippen molar-refractivity contribution in [3.63, 3.8) is 0 Å². The highest BCUT2D eigenvalue weighted by molar-refractivity contribution is 7.89. The molecule has 0 unspecified atom stereocenters. The summed E-state index contributed by atoms with van der Waals surface area (Å²) in [6.45, 7) is 5.17. The first-order valence-electron chi connectivity index (χ1n) is 8.09. The van der Waals surface area contributed by atoms with Gasteiger partial charge in [-0.15, -0.1) is 11.3 Å². The lowest BCUT2D eigenvalue weighted by molar-refractivity contribution is -0.114. The van der Waals surface area contributed by atoms with Crippen LogP contribution in [0.2, 0.25) is 0 Å². The maximum Gasteiger partial charge on any atom is 0.241 e. The highest BCUT2D eigenvalue weighted by Crippen LogP contribution is 2.42. The highest BCUT2D eigenvalue weighted by atomic mass is 32.2. The van der Waals surface area contributed by atoms with Gasteiger partial charge < -0.3 is 5.32 Å². The van der Waals surface area contributed by atoms with Crippen molar-refractivity contribution in [2.24, 2.45) is 5.92 Å². The van der Waals surface area contributed by atoms with E-state index in [-0.39, 0.29) is 16.8 Å². The second-order valence-electron chi connectivity index (χ2n) is 6.40. The molecule has 1 aliphatic carbocycles. The molecule has 1 aromatic carbocycles. The van der Waals surface area contributed by atoms with Gasteiger partial charge in [0, 0.05) is 23.7 Å². The number of nitrogens with one attached hydrogen (secondary N) is 2. The van der Waals surface area contributed by atoms with Gasteiger partial charge in [-0.25, -0.2) is 18.1 Å². The minimum Gasteiger partial charge on any atom is -0.326 e. The normalized spacial score (nSPS) is 15.8. The van der Waals surface area contributed by atoms with E-state index in [9.17, 15) is 13.2 Å². The van der Waals surface area contributed by atoms with E-state index in [0.29, 0.717) is 11.6 Å². The average Bonchev–Trinajstić information content (AvgIpc) is 3.28. The van der Waals surface area contributed by atoms with E-state index < -0.39 is 10.0 Å². The van der Waals surface area contributed by atoms with Gasteiger partial charge in [0.2, 0.25) is 15.9 Å². The standard InChI is InChI=1S/C17H21N3O3S2/c1-10-4-7-14(8-15(10)19-12(3)21)25(22,23)20-16(13-5-6-13)17-18-9-11(2)24-17/h4,7-9,13,16,20H,5-6H2,1-3H3,(H,19,21)/t16-/m0/s1. The maximum atomic E-state index is 12.9. The Bertz CT molecular complexity index is 902. The van der Waals surface area contributed by atoms with Crippen molar-refractivity contribution in [2.75, 3.05) is 5.32 Å². The first-order chi connectivity index (χ1) is 11.8. The van der Waals surface area contributed by atoms with Crippen molar-refractivity contribution in [1.82, 2.24) is 9.71 Å². The topological polar surface area (TPSA) is 88.2 Å². The Balaban J connectivity index is 1.89. The van der Waals surface area contributed by atoms with Gasteiger partial charge >= 0.3 is 0 Å². The highest BCUT2D eigenvalue weighted by Gasteiger charge is 2.37. The largest absolute Gasteiger partial charge is 0.326 e. The molecule has 6 nitrogen and oxygen atoms in total. The smallest absolute Gasteiger partial charge is 0.241 e. The SMILES string of the molecule is CC(=O)Nc1cc(S(=O)(=O)N[C@H](c2ncc(C)s2)C2CC2)ccc1C. The molecule has 1 amide bonds. The molecule has 1 aromatic heterocycles. The van der Waals surface area contributed by atoms with Crippen LogP contribution in [0.3, 0.4) is 0 Å². The third-order valence-corrected chi connectivity index (χ3v) is 6.55. The predicted molar refractivity (Wildman–Crippen MR) is 98.1 cm³/mol. The molecule has 0 aliphatic heterocycles. The molecule has 1 saturated carbocycles. The van der Waals surface area contributed by atoms with Crippen molar-refractivity contribution in [3.8, 4) is 0 Å². The lowest BCUT2D eigenvalue weighted by atomic mass is 10.2. The molecule has 0 saturated heterocycles. The van der Waals surface area contributed by atoms with Crippen LogP contribution in [-0.4, -0.2) is 19.3 Å². The number of nitrogens with zero attached hydrogens (tertiary/aromatic N) is 1. The number of aryl methyl sites for hydroxylation is 2. The molecule has 1 atom stereocenters. The van der Waals surface area contributed by atoms with E-state index in [4.69, 9.17) is 0 Å². The number of thiazole rings is 1. The van der Waals surface area contributed by atoms with Gasteiger partial charge in [0.25, 0.3) is 0 Å². The Morgan fingerprint density at radius 2 is 2.04 bits per heavy atom. The Hall–Kier alpha value is -1.77. The second-order valence-corrected chi connectivity index (χ2v) is 9.38. The number of sulfonamides is 1. The van der Waals surface area contributed by atoms with Crippen LogP contribution in [0.4, 0.5) is 5.69 Å². The first-order valence-corrected chi connectivity index (χ1v) is 10.4. The minimum atomic E-state index is -3.71. The van der Waals surface area contributed by atoms with Gasteiger partial charge in [-0.2, -0.15) is 0 Å². The summed E-state index contributed by atoms with van der Waals surface area (Å²) in [5.41, 5.74) is 1.31. The van der Waals surface area contributed by atoms with Gasteiger partial charge in [0.05, 0.1) is 10.9 Å². The lowest BCUT2D eigenvalue weighted by Gasteiger charge is -2.17. The van der Waals surface area contributed by atoms with E-state index in [1.165, 1.54) is 24.3 Å². The molecule has 25 heavy (non-hydrogen) atoms. The fourth-order valence-electron chi connectivity index (χ4n) is 2.62. The number of rotatable bonds is 6. The van der Waals surface area contributed by atoms with Gasteiger partial charge in [-0.05, 0) is 50.3 Å². The van der Waals surface area contributed by atoms with Crippen LogP contribution in [-0.2, 0) is 14.8 Å². The summed E-state index contributed by atoms with van der Waals surface area (Å²) < 4.78 is 28.5. The number of benzene rings is 1. The summed E-state index contributed by atoms with van der Waals surface area (Å²) in [5, 5.41) is 3.47. The molecule has 0 radical (unpaired) electrons. The Morgan fingerprint density at radius 3 is 2.60 bits per heavy atom. The van der Waals surface area contributed by atoms with Crippen molar-refractivity contribution in [3.05, 3.63) is 39.8 Å². The van der Waals surface area contributed by atoms with E-state index in [1.807, 2.05) is 13.8 Å². The van der Waals surface area contributed by atoms with Gasteiger partial charge in [-0.1, -0.05) is 6.07 Å². The molecule has 0 bridgehead atoms. The zero-order chi connectivity index (χ0) is 18.2. The Labute approximate surface area is 151 Å². The maximum absolute atomic E-state index is 12.9. The van der Waals surface area contributed by atoms with Crippen LogP contribution >= 0.6 is 11.3 Å². The first kappa shape index (κ1) is 18.0. The van der Waals surface area contributed by atoms with Crippen molar-refractivity contribution < 1.29 is 13.2 Å². The van der Waals surface area contributed by atoms with Crippen LogP contribution in [0.1, 0.15) is 41.3 Å². The van der Waals surface area contributed by atoms with E-state index in [0.717, 1.165) is 28.3 Å². The number of anilines is 1. The predicted octanol–water partition coefficient (Wildman–Crippen LogP) is 3.15. The molecule has 0 spiro atoms. The van der Waals surface area contributed by atoms with Crippen molar-refractivity contribution in [2.45, 2.75) is 44.6 Å². The quantitative estimate of drug-likeness (QED) is 0.807. The molecule has 2 N–H and O–H groups in total. The molecule has 8 heteroatoms. The number of amides is 1. The third-order valence-electron chi connectivity index (χ3n) is 4.11. The second kappa shape index (κ2) is 6.86. The summed E-state index contributed by atoms with van der Waals surface area (Å²) >= 11 is 1.52. The Kier molecular flexibility index (Phi) is 4.95. The van der Waals surface area contributed by atoms with E-state index >= 15 is 0 Å². The monoisotopic (exact) mass is 379 g/mol. The molecule has 1 aliphatic rings. The fourth-order valence-corrected chi connectivity index (χ4v) is 4.91. The zero-order valence-electron chi connectivity index (χ0n) is 14.4. The summed E-state index contributed by atoms with van der Waals surface area (Å²) in [6.07, 6.45) is 3.76. The number of hydrogen-bond acceptors (Lipinski definition) is 5. The summed E-state index contributed by atoms with van der Waals surface area (Å²) in [6, 6.07) is 4.45. The van der Waals surface area contributed by atoms with Crippen LogP contribution < -0.4 is 10.0 Å². The Morgan fingerprint density at radius 1 is 1.32 bits per heavy atom. The number of carbonyl (C=O) groups is 1. The molecule has 1 heterocycles. The van der Waals surface area contributed by atoms with Crippen molar-refractivity contribution in [1.29, 1.82) is 0 Å². The lowest BCUT2D eigenvalue weighted by Crippen LogP contribution is -2.30. The third kappa shape index (κ3) is 4.26. The summed E-state index contributed by atoms with van der Waals surface area (Å²) in [7, 11) is -3.71. The van der Waals surface area contributed by atoms with Crippen molar-refractivity contribution >= 4 is 33.0 Å². The molecule has 3 rings (SSSR count). The molecular weight excluding hydrogens is 358 g/mol. The summed E-state index contributed by atoms with van der Waals surface area (Å²) in [4.78, 5) is 16.9. The zero-order valence-corrected chi connectivity index (χ0v) is 16.0. The van der Waals surface area contributed by atoms with E-state index in [2.05, 4.69) is 15.0 Å².